The van der Waals surface area contributed by atoms with E-state index in [1.54, 1.807) is 6.07 Å². The molecule has 8 heteroatoms. The number of hydrogen-bond acceptors (Lipinski definition) is 5. The van der Waals surface area contributed by atoms with Crippen molar-refractivity contribution < 1.29 is 23.0 Å². The summed E-state index contributed by atoms with van der Waals surface area (Å²) in [4.78, 5) is 21.8. The molecule has 1 fully saturated rings. The van der Waals surface area contributed by atoms with Crippen LogP contribution in [0.2, 0.25) is 0 Å². The molecule has 2 aromatic rings. The Balaban J connectivity index is 1.61. The number of benzene rings is 1. The van der Waals surface area contributed by atoms with Gasteiger partial charge in [0.15, 0.2) is 0 Å². The quantitative estimate of drug-likeness (QED) is 0.848. The number of amides is 1. The minimum atomic E-state index is -0.851. The third-order valence-electron chi connectivity index (χ3n) is 3.98. The van der Waals surface area contributed by atoms with Crippen molar-refractivity contribution in [3.63, 3.8) is 0 Å². The average molecular weight is 349 g/mol. The van der Waals surface area contributed by atoms with Gasteiger partial charge in [-0.3, -0.25) is 4.79 Å². The Labute approximate surface area is 143 Å². The van der Waals surface area contributed by atoms with Gasteiger partial charge in [-0.25, -0.2) is 13.8 Å². The Kier molecular flexibility index (Phi) is 5.06. The third kappa shape index (κ3) is 3.84. The van der Waals surface area contributed by atoms with Gasteiger partial charge < -0.3 is 14.4 Å². The van der Waals surface area contributed by atoms with E-state index in [-0.39, 0.29) is 12.1 Å². The van der Waals surface area contributed by atoms with Crippen molar-refractivity contribution in [2.45, 2.75) is 18.9 Å². The normalized spacial score (nSPS) is 15.1. The fraction of sp³-hybridized carbons (Fsp3) is 0.353. The van der Waals surface area contributed by atoms with Crippen molar-refractivity contribution >= 4 is 5.91 Å². The Morgan fingerprint density at radius 2 is 1.88 bits per heavy atom. The van der Waals surface area contributed by atoms with E-state index in [0.29, 0.717) is 31.8 Å². The van der Waals surface area contributed by atoms with Crippen LogP contribution in [0.25, 0.3) is 0 Å². The summed E-state index contributed by atoms with van der Waals surface area (Å²) < 4.78 is 38.2. The molecule has 0 aliphatic carbocycles. The molecule has 0 atom stereocenters. The monoisotopic (exact) mass is 349 g/mol. The summed E-state index contributed by atoms with van der Waals surface area (Å²) in [5.74, 6) is -1.96. The van der Waals surface area contributed by atoms with Crippen molar-refractivity contribution in [1.82, 2.24) is 14.9 Å². The summed E-state index contributed by atoms with van der Waals surface area (Å²) >= 11 is 0. The van der Waals surface area contributed by atoms with E-state index in [2.05, 4.69) is 9.97 Å². The van der Waals surface area contributed by atoms with Gasteiger partial charge >= 0.3 is 6.01 Å². The number of carbonyl (C=O) groups is 1. The molecule has 3 rings (SSSR count). The number of methoxy groups -OCH3 is 1. The molecule has 1 aliphatic rings. The summed E-state index contributed by atoms with van der Waals surface area (Å²) in [5, 5.41) is 0. The Morgan fingerprint density at radius 3 is 2.52 bits per heavy atom. The maximum atomic E-state index is 13.8. The molecular formula is C17H17F2N3O3. The standard InChI is InChI=1S/C17H17F2N3O3/c1-24-17-20-8-5-14(21-17)25-11-6-9-22(10-7-11)16(23)15-12(18)3-2-4-13(15)19/h2-5,8,11H,6-7,9-10H2,1H3. The van der Waals surface area contributed by atoms with Crippen molar-refractivity contribution in [2.24, 2.45) is 0 Å². The van der Waals surface area contributed by atoms with Crippen LogP contribution in [0.1, 0.15) is 23.2 Å². The van der Waals surface area contributed by atoms with E-state index in [9.17, 15) is 13.6 Å². The number of rotatable bonds is 4. The van der Waals surface area contributed by atoms with Crippen LogP contribution in [-0.2, 0) is 0 Å². The van der Waals surface area contributed by atoms with Gasteiger partial charge in [0.2, 0.25) is 5.88 Å². The highest BCUT2D eigenvalue weighted by Gasteiger charge is 2.28. The van der Waals surface area contributed by atoms with Crippen LogP contribution in [0.3, 0.4) is 0 Å². The van der Waals surface area contributed by atoms with E-state index < -0.39 is 23.1 Å². The number of piperidine rings is 1. The molecule has 132 valence electrons. The summed E-state index contributed by atoms with van der Waals surface area (Å²) in [6.45, 7) is 0.693. The molecule has 6 nitrogen and oxygen atoms in total. The summed E-state index contributed by atoms with van der Waals surface area (Å²) in [6.07, 6.45) is 2.46. The molecule has 0 radical (unpaired) electrons. The number of hydrogen-bond donors (Lipinski definition) is 0. The average Bonchev–Trinajstić information content (AvgIpc) is 2.62. The zero-order chi connectivity index (χ0) is 17.8. The molecule has 25 heavy (non-hydrogen) atoms. The molecule has 1 aromatic carbocycles. The maximum absolute atomic E-state index is 13.8. The van der Waals surface area contributed by atoms with Gasteiger partial charge in [-0.2, -0.15) is 4.98 Å². The lowest BCUT2D eigenvalue weighted by Crippen LogP contribution is -2.42. The van der Waals surface area contributed by atoms with E-state index in [1.807, 2.05) is 0 Å². The molecular weight excluding hydrogens is 332 g/mol. The van der Waals surface area contributed by atoms with Crippen LogP contribution in [0.4, 0.5) is 8.78 Å². The first-order valence-electron chi connectivity index (χ1n) is 7.85. The second kappa shape index (κ2) is 7.42. The van der Waals surface area contributed by atoms with Crippen LogP contribution in [-0.4, -0.2) is 47.1 Å². The molecule has 0 N–H and O–H groups in total. The molecule has 1 aromatic heterocycles. The number of aromatic nitrogens is 2. The minimum absolute atomic E-state index is 0.144. The van der Waals surface area contributed by atoms with Crippen molar-refractivity contribution in [3.05, 3.63) is 47.7 Å². The smallest absolute Gasteiger partial charge is 0.319 e. The highest BCUT2D eigenvalue weighted by molar-refractivity contribution is 5.94. The van der Waals surface area contributed by atoms with E-state index in [4.69, 9.17) is 9.47 Å². The van der Waals surface area contributed by atoms with Crippen LogP contribution in [0, 0.1) is 11.6 Å². The van der Waals surface area contributed by atoms with E-state index in [0.717, 1.165) is 12.1 Å². The van der Waals surface area contributed by atoms with Gasteiger partial charge in [0.25, 0.3) is 5.91 Å². The van der Waals surface area contributed by atoms with Gasteiger partial charge in [-0.15, -0.1) is 0 Å². The number of likely N-dealkylation sites (tertiary alicyclic amines) is 1. The van der Waals surface area contributed by atoms with E-state index >= 15 is 0 Å². The van der Waals surface area contributed by atoms with Crippen molar-refractivity contribution in [2.75, 3.05) is 20.2 Å². The second-order valence-electron chi connectivity index (χ2n) is 5.59. The molecule has 0 saturated carbocycles. The molecule has 2 heterocycles. The van der Waals surface area contributed by atoms with Crippen LogP contribution in [0.15, 0.2) is 30.5 Å². The van der Waals surface area contributed by atoms with Crippen LogP contribution >= 0.6 is 0 Å². The first-order chi connectivity index (χ1) is 12.1. The largest absolute Gasteiger partial charge is 0.474 e. The first-order valence-corrected chi connectivity index (χ1v) is 7.85. The molecule has 1 aliphatic heterocycles. The zero-order valence-electron chi connectivity index (χ0n) is 13.6. The van der Waals surface area contributed by atoms with Crippen LogP contribution in [0.5, 0.6) is 11.9 Å². The molecule has 0 bridgehead atoms. The van der Waals surface area contributed by atoms with Crippen molar-refractivity contribution in [1.29, 1.82) is 0 Å². The number of halogens is 2. The fourth-order valence-electron chi connectivity index (χ4n) is 2.70. The lowest BCUT2D eigenvalue weighted by Gasteiger charge is -2.32. The lowest BCUT2D eigenvalue weighted by atomic mass is 10.1. The number of nitrogens with zero attached hydrogens (tertiary/aromatic N) is 3. The fourth-order valence-corrected chi connectivity index (χ4v) is 2.70. The Morgan fingerprint density at radius 1 is 1.20 bits per heavy atom. The SMILES string of the molecule is COc1nccc(OC2CCN(C(=O)c3c(F)cccc3F)CC2)n1. The predicted octanol–water partition coefficient (Wildman–Crippen LogP) is 2.45. The van der Waals surface area contributed by atoms with Gasteiger partial charge in [0.05, 0.1) is 7.11 Å². The Hall–Kier alpha value is -2.77. The maximum Gasteiger partial charge on any atom is 0.319 e. The van der Waals surface area contributed by atoms with Gasteiger partial charge in [-0.1, -0.05) is 6.07 Å². The summed E-state index contributed by atoms with van der Waals surface area (Å²) in [6, 6.07) is 5.22. The van der Waals surface area contributed by atoms with Gasteiger partial charge in [0, 0.05) is 38.2 Å². The first kappa shape index (κ1) is 17.1. The highest BCUT2D eigenvalue weighted by Crippen LogP contribution is 2.21. The molecule has 0 spiro atoms. The third-order valence-corrected chi connectivity index (χ3v) is 3.98. The molecule has 1 saturated heterocycles. The minimum Gasteiger partial charge on any atom is -0.474 e. The summed E-state index contributed by atoms with van der Waals surface area (Å²) in [7, 11) is 1.46. The van der Waals surface area contributed by atoms with Gasteiger partial charge in [-0.05, 0) is 12.1 Å². The Bertz CT molecular complexity index is 744. The van der Waals surface area contributed by atoms with Gasteiger partial charge in [0.1, 0.15) is 23.3 Å². The topological polar surface area (TPSA) is 64.6 Å². The number of carbonyl (C=O) groups excluding carboxylic acids is 1. The summed E-state index contributed by atoms with van der Waals surface area (Å²) in [5.41, 5.74) is -0.512. The number of ether oxygens (including phenoxy) is 2. The van der Waals surface area contributed by atoms with E-state index in [1.165, 1.54) is 24.3 Å². The predicted molar refractivity (Wildman–Crippen MR) is 84.5 cm³/mol. The highest BCUT2D eigenvalue weighted by atomic mass is 19.1. The van der Waals surface area contributed by atoms with Crippen molar-refractivity contribution in [3.8, 4) is 11.9 Å². The van der Waals surface area contributed by atoms with Crippen LogP contribution < -0.4 is 9.47 Å². The zero-order valence-corrected chi connectivity index (χ0v) is 13.6. The molecule has 1 amide bonds. The second-order valence-corrected chi connectivity index (χ2v) is 5.59. The lowest BCUT2D eigenvalue weighted by molar-refractivity contribution is 0.0578. The molecule has 0 unspecified atom stereocenters.